The van der Waals surface area contributed by atoms with E-state index in [1.165, 1.54) is 4.90 Å². The molecule has 0 radical (unpaired) electrons. The summed E-state index contributed by atoms with van der Waals surface area (Å²) in [6.45, 7) is 9.71. The number of nitrogen functional groups attached to an aromatic ring is 1. The van der Waals surface area contributed by atoms with E-state index in [9.17, 15) is 27.6 Å². The first-order valence-electron chi connectivity index (χ1n) is 17.8. The Hall–Kier alpha value is -4.33. The summed E-state index contributed by atoms with van der Waals surface area (Å²) in [6.07, 6.45) is 9.21. The minimum atomic E-state index is -3.83. The third kappa shape index (κ3) is 7.95. The van der Waals surface area contributed by atoms with Gasteiger partial charge in [0.1, 0.15) is 12.1 Å². The lowest BCUT2D eigenvalue weighted by atomic mass is 9.77. The van der Waals surface area contributed by atoms with Crippen molar-refractivity contribution in [3.05, 3.63) is 49.3 Å². The lowest BCUT2D eigenvalue weighted by Gasteiger charge is -2.34. The number of esters is 1. The van der Waals surface area contributed by atoms with Gasteiger partial charge in [0.15, 0.2) is 5.78 Å². The Labute approximate surface area is 299 Å². The number of amides is 2. The summed E-state index contributed by atoms with van der Waals surface area (Å²) in [5, 5.41) is -0.597. The molecule has 1 aromatic heterocycles. The lowest BCUT2D eigenvalue weighted by molar-refractivity contribution is -0.156. The molecular formula is C37H48N6O7S. The lowest BCUT2D eigenvalue weighted by Crippen LogP contribution is -2.49. The molecule has 3 saturated carbocycles. The Balaban J connectivity index is 1.26. The third-order valence-electron chi connectivity index (χ3n) is 10.9. The summed E-state index contributed by atoms with van der Waals surface area (Å²) in [7, 11) is -3.83. The summed E-state index contributed by atoms with van der Waals surface area (Å²) in [5.41, 5.74) is 6.12. The molecule has 2 heterocycles. The Kier molecular flexibility index (Phi) is 10.0. The molecule has 13 nitrogen and oxygen atoms in total. The predicted octanol–water partition coefficient (Wildman–Crippen LogP) is 4.00. The highest BCUT2D eigenvalue weighted by Gasteiger charge is 2.61. The zero-order valence-electron chi connectivity index (χ0n) is 29.5. The molecule has 274 valence electrons. The summed E-state index contributed by atoms with van der Waals surface area (Å²) >= 11 is 0. The van der Waals surface area contributed by atoms with Crippen molar-refractivity contribution in [2.75, 3.05) is 23.8 Å². The molecule has 1 aromatic carbocycles. The first kappa shape index (κ1) is 36.5. The monoisotopic (exact) mass is 720 g/mol. The van der Waals surface area contributed by atoms with Gasteiger partial charge in [-0.1, -0.05) is 39.0 Å². The molecule has 0 unspecified atom stereocenters. The van der Waals surface area contributed by atoms with E-state index in [1.807, 2.05) is 49.9 Å². The number of ether oxygens (including phenoxy) is 1. The Morgan fingerprint density at radius 1 is 1.06 bits per heavy atom. The number of nitrogens with one attached hydrogen (secondary N) is 1. The van der Waals surface area contributed by atoms with E-state index in [4.69, 9.17) is 10.5 Å². The van der Waals surface area contributed by atoms with Crippen molar-refractivity contribution in [1.82, 2.24) is 19.6 Å². The highest BCUT2D eigenvalue weighted by Crippen LogP contribution is 2.57. The number of Topliss-reactive ketones (excluding diaryl/α,β-unsaturated/α-hetero) is 1. The third-order valence-corrected chi connectivity index (χ3v) is 12.7. The SMILES string of the molecule is C=C[C@@H]1C[C@]1(CC(=O)[C@@H]1CN(c2ccc(-c3cnc(N)nc3)cc2)CN1C(=O)[C@@H](CC(=O)OC1CCCC1)C(C)(C)C)C(=O)NS(=O)(=O)C1CC1. The molecule has 0 bridgehead atoms. The Morgan fingerprint density at radius 3 is 2.27 bits per heavy atom. The maximum absolute atomic E-state index is 14.6. The number of hydrogen-bond acceptors (Lipinski definition) is 11. The van der Waals surface area contributed by atoms with Crippen LogP contribution in [0.2, 0.25) is 0 Å². The first-order valence-corrected chi connectivity index (χ1v) is 19.3. The van der Waals surface area contributed by atoms with Gasteiger partial charge in [-0.3, -0.25) is 23.9 Å². The number of rotatable bonds is 13. The van der Waals surface area contributed by atoms with Crippen molar-refractivity contribution < 1.29 is 32.3 Å². The van der Waals surface area contributed by atoms with Crippen LogP contribution in [-0.4, -0.2) is 77.5 Å². The fraction of sp³-hybridized carbons (Fsp3) is 0.568. The molecule has 6 rings (SSSR count). The van der Waals surface area contributed by atoms with E-state index >= 15 is 0 Å². The van der Waals surface area contributed by atoms with E-state index in [0.29, 0.717) is 12.8 Å². The quantitative estimate of drug-likeness (QED) is 0.225. The van der Waals surface area contributed by atoms with Gasteiger partial charge in [-0.05, 0) is 74.0 Å². The minimum absolute atomic E-state index is 0.0734. The first-order chi connectivity index (χ1) is 24.1. The van der Waals surface area contributed by atoms with Crippen LogP contribution in [0.15, 0.2) is 49.3 Å². The molecule has 0 spiro atoms. The molecule has 14 heteroatoms. The topological polar surface area (TPSA) is 182 Å². The number of aromatic nitrogens is 2. The van der Waals surface area contributed by atoms with Crippen LogP contribution < -0.4 is 15.4 Å². The average molecular weight is 721 g/mol. The molecule has 2 amide bonds. The van der Waals surface area contributed by atoms with Gasteiger partial charge >= 0.3 is 5.97 Å². The molecule has 3 N–H and O–H groups in total. The second-order valence-electron chi connectivity index (χ2n) is 15.6. The molecule has 2 aromatic rings. The van der Waals surface area contributed by atoms with Crippen LogP contribution in [0.4, 0.5) is 11.6 Å². The van der Waals surface area contributed by atoms with Crippen LogP contribution in [-0.2, 0) is 33.9 Å². The van der Waals surface area contributed by atoms with E-state index in [1.54, 1.807) is 18.5 Å². The van der Waals surface area contributed by atoms with Crippen molar-refractivity contribution in [3.63, 3.8) is 0 Å². The molecule has 4 fully saturated rings. The number of carbonyl (C=O) groups excluding carboxylic acids is 4. The number of sulfonamides is 1. The van der Waals surface area contributed by atoms with Crippen LogP contribution in [0.1, 0.15) is 78.6 Å². The minimum Gasteiger partial charge on any atom is -0.462 e. The van der Waals surface area contributed by atoms with E-state index in [-0.39, 0.29) is 62.1 Å². The Morgan fingerprint density at radius 2 is 1.71 bits per heavy atom. The average Bonchev–Trinajstić information content (AvgIpc) is 3.96. The number of ketones is 1. The maximum Gasteiger partial charge on any atom is 0.306 e. The summed E-state index contributed by atoms with van der Waals surface area (Å²) in [5.74, 6) is -2.84. The smallest absolute Gasteiger partial charge is 0.306 e. The molecule has 3 aliphatic carbocycles. The fourth-order valence-corrected chi connectivity index (χ4v) is 8.75. The van der Waals surface area contributed by atoms with Crippen molar-refractivity contribution in [2.24, 2.45) is 22.7 Å². The number of benzene rings is 1. The number of nitrogens with zero attached hydrogens (tertiary/aromatic N) is 4. The van der Waals surface area contributed by atoms with Gasteiger partial charge in [-0.2, -0.15) is 0 Å². The van der Waals surface area contributed by atoms with Crippen molar-refractivity contribution in [3.8, 4) is 11.1 Å². The van der Waals surface area contributed by atoms with Gasteiger partial charge < -0.3 is 20.3 Å². The van der Waals surface area contributed by atoms with E-state index in [2.05, 4.69) is 21.3 Å². The highest BCUT2D eigenvalue weighted by molar-refractivity contribution is 7.90. The standard InChI is InChI=1S/C37H48N6O7S/c1-5-25-17-37(25,34(47)41-51(48,49)28-14-15-28)18-31(44)30-21-42(26-12-10-23(11-13-26)24-19-39-35(38)40-20-24)22-43(30)33(46)29(36(2,3)4)16-32(45)50-27-8-6-7-9-27/h5,10-13,19-20,25,27-30H,1,6-9,14-18,21-22H2,2-4H3,(H,41,47)(H2,38,39,40)/t25-,29-,30+,37-/m1/s1. The number of carbonyl (C=O) groups is 4. The second kappa shape index (κ2) is 14.0. The van der Waals surface area contributed by atoms with Crippen LogP contribution >= 0.6 is 0 Å². The molecule has 4 aliphatic rings. The van der Waals surface area contributed by atoms with Gasteiger partial charge in [-0.15, -0.1) is 6.58 Å². The molecular weight excluding hydrogens is 673 g/mol. The van der Waals surface area contributed by atoms with Crippen LogP contribution in [0.3, 0.4) is 0 Å². The van der Waals surface area contributed by atoms with Crippen molar-refractivity contribution >= 4 is 45.2 Å². The zero-order valence-corrected chi connectivity index (χ0v) is 30.4. The van der Waals surface area contributed by atoms with Gasteiger partial charge in [0.2, 0.25) is 27.8 Å². The van der Waals surface area contributed by atoms with Crippen LogP contribution in [0, 0.1) is 22.7 Å². The molecule has 4 atom stereocenters. The number of allylic oxidation sites excluding steroid dienone is 1. The number of hydrogen-bond donors (Lipinski definition) is 2. The number of nitrogens with two attached hydrogens (primary N) is 1. The van der Waals surface area contributed by atoms with Crippen LogP contribution in [0.5, 0.6) is 0 Å². The van der Waals surface area contributed by atoms with Gasteiger partial charge in [0.05, 0.1) is 29.7 Å². The summed E-state index contributed by atoms with van der Waals surface area (Å²) in [6, 6.07) is 6.60. The van der Waals surface area contributed by atoms with Crippen molar-refractivity contribution in [2.45, 2.75) is 96.0 Å². The van der Waals surface area contributed by atoms with Crippen LogP contribution in [0.25, 0.3) is 11.1 Å². The van der Waals surface area contributed by atoms with E-state index < -0.39 is 49.9 Å². The second-order valence-corrected chi connectivity index (χ2v) is 17.6. The molecule has 51 heavy (non-hydrogen) atoms. The van der Waals surface area contributed by atoms with Gasteiger partial charge in [0.25, 0.3) is 0 Å². The zero-order chi connectivity index (χ0) is 36.7. The maximum atomic E-state index is 14.6. The summed E-state index contributed by atoms with van der Waals surface area (Å²) < 4.78 is 33.4. The molecule has 1 aliphatic heterocycles. The Bertz CT molecular complexity index is 1780. The number of anilines is 2. The fourth-order valence-electron chi connectivity index (χ4n) is 7.36. The predicted molar refractivity (Wildman–Crippen MR) is 191 cm³/mol. The van der Waals surface area contributed by atoms with E-state index in [0.717, 1.165) is 42.5 Å². The normalized spacial score (nSPS) is 24.2. The van der Waals surface area contributed by atoms with Crippen molar-refractivity contribution in [1.29, 1.82) is 0 Å². The van der Waals surface area contributed by atoms with Gasteiger partial charge in [-0.25, -0.2) is 18.4 Å². The summed E-state index contributed by atoms with van der Waals surface area (Å²) in [4.78, 5) is 67.2. The van der Waals surface area contributed by atoms with Gasteiger partial charge in [0, 0.05) is 36.6 Å². The molecule has 1 saturated heterocycles. The largest absolute Gasteiger partial charge is 0.462 e. The highest BCUT2D eigenvalue weighted by atomic mass is 32.2.